The van der Waals surface area contributed by atoms with Gasteiger partial charge in [-0.2, -0.15) is 11.8 Å². The normalized spacial score (nSPS) is 10.9. The van der Waals surface area contributed by atoms with E-state index in [0.717, 1.165) is 11.3 Å². The van der Waals surface area contributed by atoms with Gasteiger partial charge in [0.25, 0.3) is 0 Å². The van der Waals surface area contributed by atoms with Crippen LogP contribution in [0.5, 0.6) is 0 Å². The molecule has 0 saturated carbocycles. The van der Waals surface area contributed by atoms with Crippen LogP contribution in [0.25, 0.3) is 0 Å². The Balaban J connectivity index is 2.71. The minimum absolute atomic E-state index is 0.260. The summed E-state index contributed by atoms with van der Waals surface area (Å²) in [7, 11) is -1.61. The van der Waals surface area contributed by atoms with Gasteiger partial charge in [0.1, 0.15) is 5.82 Å². The number of rotatable bonds is 5. The van der Waals surface area contributed by atoms with Gasteiger partial charge >= 0.3 is 7.12 Å². The lowest BCUT2D eigenvalue weighted by Crippen LogP contribution is -2.33. The summed E-state index contributed by atoms with van der Waals surface area (Å²) in [6.07, 6.45) is 0. The molecule has 0 fully saturated rings. The molecule has 1 aromatic rings. The second-order valence-electron chi connectivity index (χ2n) is 4.13. The van der Waals surface area contributed by atoms with E-state index < -0.39 is 12.9 Å². The largest absolute Gasteiger partial charge is 0.488 e. The Morgan fingerprint density at radius 3 is 2.62 bits per heavy atom. The highest BCUT2D eigenvalue weighted by molar-refractivity contribution is 7.98. The molecule has 0 radical (unpaired) electrons. The molecule has 5 heteroatoms. The van der Waals surface area contributed by atoms with Crippen molar-refractivity contribution in [3.05, 3.63) is 29.6 Å². The van der Waals surface area contributed by atoms with Gasteiger partial charge in [0.05, 0.1) is 0 Å². The Kier molecular flexibility index (Phi) is 5.32. The number of halogens is 1. The van der Waals surface area contributed by atoms with Crippen molar-refractivity contribution >= 4 is 24.3 Å². The predicted octanol–water partition coefficient (Wildman–Crippen LogP) is 1.39. The van der Waals surface area contributed by atoms with Gasteiger partial charge in [0.15, 0.2) is 0 Å². The monoisotopic (exact) mass is 242 g/mol. The Hall–Kier alpha value is -0.515. The molecule has 1 rings (SSSR count). The summed E-state index contributed by atoms with van der Waals surface area (Å²) in [5.41, 5.74) is 1.04. The Morgan fingerprint density at radius 1 is 1.38 bits per heavy atom. The van der Waals surface area contributed by atoms with Gasteiger partial charge in [-0.1, -0.05) is 19.9 Å². The number of hydrogen-bond donors (Lipinski definition) is 2. The molecule has 2 N–H and O–H groups in total. The molecule has 16 heavy (non-hydrogen) atoms. The van der Waals surface area contributed by atoms with Crippen LogP contribution in [0.15, 0.2) is 18.2 Å². The van der Waals surface area contributed by atoms with Crippen molar-refractivity contribution < 1.29 is 14.4 Å². The summed E-state index contributed by atoms with van der Waals surface area (Å²) in [6, 6.07) is 4.13. The highest BCUT2D eigenvalue weighted by Crippen LogP contribution is 2.14. The van der Waals surface area contributed by atoms with Crippen LogP contribution in [0.2, 0.25) is 0 Å². The van der Waals surface area contributed by atoms with Crippen LogP contribution in [0.4, 0.5) is 4.39 Å². The Bertz CT molecular complexity index is 345. The van der Waals surface area contributed by atoms with E-state index in [1.807, 2.05) is 0 Å². The lowest BCUT2D eigenvalue weighted by Gasteiger charge is -2.09. The zero-order chi connectivity index (χ0) is 12.1. The van der Waals surface area contributed by atoms with Crippen molar-refractivity contribution in [2.75, 3.05) is 5.75 Å². The standard InChI is InChI=1S/C11H16BFO2S/c1-8(2)6-16-7-9-3-4-10(13)5-11(9)12(14)15/h3-5,8,14-15H,6-7H2,1-2H3. The zero-order valence-electron chi connectivity index (χ0n) is 9.48. The van der Waals surface area contributed by atoms with Crippen molar-refractivity contribution in [3.8, 4) is 0 Å². The lowest BCUT2D eigenvalue weighted by molar-refractivity contribution is 0.425. The van der Waals surface area contributed by atoms with Crippen LogP contribution in [-0.2, 0) is 5.75 Å². The minimum atomic E-state index is -1.61. The average Bonchev–Trinajstić information content (AvgIpc) is 2.19. The molecule has 2 nitrogen and oxygen atoms in total. The molecule has 1 aromatic carbocycles. The first-order valence-electron chi connectivity index (χ1n) is 5.23. The van der Waals surface area contributed by atoms with E-state index in [1.165, 1.54) is 12.1 Å². The van der Waals surface area contributed by atoms with E-state index in [2.05, 4.69) is 13.8 Å². The van der Waals surface area contributed by atoms with Gasteiger partial charge < -0.3 is 10.0 Å². The molecule has 88 valence electrons. The van der Waals surface area contributed by atoms with Gasteiger partial charge in [0, 0.05) is 5.75 Å². The third kappa shape index (κ3) is 4.16. The molecule has 0 aliphatic heterocycles. The van der Waals surface area contributed by atoms with Crippen molar-refractivity contribution in [2.45, 2.75) is 19.6 Å². The molecule has 0 aliphatic rings. The summed E-state index contributed by atoms with van der Waals surface area (Å²) in [6.45, 7) is 4.25. The maximum Gasteiger partial charge on any atom is 0.488 e. The van der Waals surface area contributed by atoms with Gasteiger partial charge in [-0.3, -0.25) is 0 Å². The van der Waals surface area contributed by atoms with Crippen molar-refractivity contribution in [3.63, 3.8) is 0 Å². The summed E-state index contributed by atoms with van der Waals surface area (Å²) in [5.74, 6) is 1.82. The van der Waals surface area contributed by atoms with E-state index in [9.17, 15) is 4.39 Å². The van der Waals surface area contributed by atoms with Crippen LogP contribution in [0.3, 0.4) is 0 Å². The fourth-order valence-corrected chi connectivity index (χ4v) is 2.41. The second kappa shape index (κ2) is 6.28. The van der Waals surface area contributed by atoms with E-state index in [4.69, 9.17) is 10.0 Å². The molecule has 0 amide bonds. The van der Waals surface area contributed by atoms with E-state index >= 15 is 0 Å². The van der Waals surface area contributed by atoms with Gasteiger partial charge in [-0.05, 0) is 34.8 Å². The number of hydrogen-bond acceptors (Lipinski definition) is 3. The maximum atomic E-state index is 12.9. The topological polar surface area (TPSA) is 40.5 Å². The van der Waals surface area contributed by atoms with Crippen LogP contribution < -0.4 is 5.46 Å². The fraction of sp³-hybridized carbons (Fsp3) is 0.455. The summed E-state index contributed by atoms with van der Waals surface area (Å²) in [5, 5.41) is 18.2. The van der Waals surface area contributed by atoms with Gasteiger partial charge in [0.2, 0.25) is 0 Å². The number of benzene rings is 1. The highest BCUT2D eigenvalue weighted by Gasteiger charge is 2.16. The van der Waals surface area contributed by atoms with Crippen molar-refractivity contribution in [1.29, 1.82) is 0 Å². The molecule has 0 spiro atoms. The quantitative estimate of drug-likeness (QED) is 0.766. The van der Waals surface area contributed by atoms with Crippen LogP contribution in [0, 0.1) is 11.7 Å². The molecule has 0 atom stereocenters. The summed E-state index contributed by atoms with van der Waals surface area (Å²) in [4.78, 5) is 0. The molecular weight excluding hydrogens is 226 g/mol. The van der Waals surface area contributed by atoms with Crippen molar-refractivity contribution in [1.82, 2.24) is 0 Å². The Labute approximate surface area is 100 Å². The fourth-order valence-electron chi connectivity index (χ4n) is 1.34. The Morgan fingerprint density at radius 2 is 2.06 bits per heavy atom. The molecule has 0 aliphatic carbocycles. The van der Waals surface area contributed by atoms with E-state index in [-0.39, 0.29) is 5.46 Å². The number of thioether (sulfide) groups is 1. The molecule has 0 bridgehead atoms. The predicted molar refractivity (Wildman–Crippen MR) is 67.2 cm³/mol. The lowest BCUT2D eigenvalue weighted by atomic mass is 9.77. The van der Waals surface area contributed by atoms with E-state index in [1.54, 1.807) is 17.8 Å². The van der Waals surface area contributed by atoms with Crippen LogP contribution in [-0.4, -0.2) is 22.9 Å². The molecule has 0 heterocycles. The second-order valence-corrected chi connectivity index (χ2v) is 5.16. The van der Waals surface area contributed by atoms with Crippen LogP contribution >= 0.6 is 11.8 Å². The highest BCUT2D eigenvalue weighted by atomic mass is 32.2. The van der Waals surface area contributed by atoms with Gasteiger partial charge in [-0.25, -0.2) is 4.39 Å². The first-order valence-corrected chi connectivity index (χ1v) is 6.38. The smallest absolute Gasteiger partial charge is 0.423 e. The average molecular weight is 242 g/mol. The zero-order valence-corrected chi connectivity index (χ0v) is 10.3. The third-order valence-electron chi connectivity index (χ3n) is 2.09. The SMILES string of the molecule is CC(C)CSCc1ccc(F)cc1B(O)O. The minimum Gasteiger partial charge on any atom is -0.423 e. The van der Waals surface area contributed by atoms with Crippen molar-refractivity contribution in [2.24, 2.45) is 5.92 Å². The third-order valence-corrected chi connectivity index (χ3v) is 3.51. The maximum absolute atomic E-state index is 12.9. The van der Waals surface area contributed by atoms with E-state index in [0.29, 0.717) is 11.7 Å². The molecule has 0 aromatic heterocycles. The van der Waals surface area contributed by atoms with Crippen LogP contribution in [0.1, 0.15) is 19.4 Å². The molecule has 0 saturated heterocycles. The first-order chi connectivity index (χ1) is 7.50. The molecule has 0 unspecified atom stereocenters. The van der Waals surface area contributed by atoms with Gasteiger partial charge in [-0.15, -0.1) is 0 Å². The molecular formula is C11H16BFO2S. The summed E-state index contributed by atoms with van der Waals surface area (Å²) >= 11 is 1.71. The first kappa shape index (κ1) is 13.5. The summed E-state index contributed by atoms with van der Waals surface area (Å²) < 4.78 is 12.9.